The third kappa shape index (κ3) is 14.6. The van der Waals surface area contributed by atoms with E-state index >= 15 is 0 Å². The van der Waals surface area contributed by atoms with Gasteiger partial charge in [-0.1, -0.05) is 0 Å². The molecule has 0 aliphatic heterocycles. The van der Waals surface area contributed by atoms with Crippen molar-refractivity contribution in [2.45, 2.75) is 123 Å². The van der Waals surface area contributed by atoms with Crippen LogP contribution >= 0.6 is 22.6 Å². The van der Waals surface area contributed by atoms with E-state index in [9.17, 15) is 43.2 Å². The molecule has 11 N–H and O–H groups in total. The van der Waals surface area contributed by atoms with E-state index in [1.807, 2.05) is 0 Å². The third-order valence-corrected chi connectivity index (χ3v) is 8.51. The fourth-order valence-electron chi connectivity index (χ4n) is 4.31. The van der Waals surface area contributed by atoms with Crippen molar-refractivity contribution in [3.05, 3.63) is 27.8 Å². The Morgan fingerprint density at radius 3 is 1.26 bits per heavy atom. The summed E-state index contributed by atoms with van der Waals surface area (Å²) in [5, 5.41) is 17.2. The maximum absolute atomic E-state index is 13.6. The second-order valence-corrected chi connectivity index (χ2v) is 14.8. The number of imide groups is 1. The number of rotatable bonds is 17. The molecule has 0 radical (unpaired) electrons. The van der Waals surface area contributed by atoms with Crippen molar-refractivity contribution in [2.75, 3.05) is 5.32 Å². The highest BCUT2D eigenvalue weighted by Crippen LogP contribution is 2.14. The second kappa shape index (κ2) is 20.7. The topological polar surface area (TPSA) is 293 Å². The first-order valence-electron chi connectivity index (χ1n) is 17.1. The third-order valence-electron chi connectivity index (χ3n) is 7.79. The van der Waals surface area contributed by atoms with Gasteiger partial charge in [0.25, 0.3) is 5.91 Å². The highest BCUT2D eigenvalue weighted by molar-refractivity contribution is 14.1. The summed E-state index contributed by atoms with van der Waals surface area (Å²) in [4.78, 5) is 116. The summed E-state index contributed by atoms with van der Waals surface area (Å²) in [7, 11) is 0. The lowest BCUT2D eigenvalue weighted by Gasteiger charge is -2.34. The van der Waals surface area contributed by atoms with Crippen LogP contribution < -0.4 is 48.7 Å². The summed E-state index contributed by atoms with van der Waals surface area (Å²) in [6.07, 6.45) is 0. The minimum atomic E-state index is -1.62. The van der Waals surface area contributed by atoms with Crippen molar-refractivity contribution < 1.29 is 43.2 Å². The van der Waals surface area contributed by atoms with Crippen molar-refractivity contribution in [3.8, 4) is 0 Å². The molecule has 0 aliphatic carbocycles. The average Bonchev–Trinajstić information content (AvgIpc) is 3.07. The molecule has 0 heterocycles. The Morgan fingerprint density at radius 1 is 0.556 bits per heavy atom. The van der Waals surface area contributed by atoms with Crippen LogP contribution in [-0.4, -0.2) is 112 Å². The Balaban J connectivity index is 2.89. The summed E-state index contributed by atoms with van der Waals surface area (Å²) in [5.41, 5.74) is 10.4. The lowest BCUT2D eigenvalue weighted by molar-refractivity contribution is -0.155. The zero-order valence-corrected chi connectivity index (χ0v) is 34.2. The Bertz CT molecular complexity index is 1580. The van der Waals surface area contributed by atoms with Crippen LogP contribution in [-0.2, 0) is 43.2 Å². The highest BCUT2D eigenvalue weighted by Gasteiger charge is 2.40. The van der Waals surface area contributed by atoms with Crippen LogP contribution in [0, 0.1) is 3.57 Å². The number of anilines is 1. The highest BCUT2D eigenvalue weighted by atomic mass is 127. The molecule has 20 heteroatoms. The normalized spacial score (nSPS) is 15.6. The predicted molar refractivity (Wildman–Crippen MR) is 207 cm³/mol. The first-order chi connectivity index (χ1) is 24.8. The molecular formula is C34H53IN10O9. The van der Waals surface area contributed by atoms with Crippen LogP contribution in [0.3, 0.4) is 0 Å². The number of amides is 9. The number of hydrogen-bond donors (Lipinski definition) is 9. The van der Waals surface area contributed by atoms with E-state index < -0.39 is 107 Å². The molecule has 300 valence electrons. The Hall–Kier alpha value is -4.70. The van der Waals surface area contributed by atoms with Crippen molar-refractivity contribution in [1.82, 2.24) is 36.8 Å². The monoisotopic (exact) mass is 872 g/mol. The van der Waals surface area contributed by atoms with Crippen LogP contribution in [0.25, 0.3) is 0 Å². The van der Waals surface area contributed by atoms with E-state index in [1.165, 1.54) is 69.2 Å². The Labute approximate surface area is 328 Å². The first-order valence-corrected chi connectivity index (χ1v) is 18.2. The van der Waals surface area contributed by atoms with E-state index in [2.05, 4.69) is 59.8 Å². The number of carbonyl (C=O) groups excluding carboxylic acids is 9. The van der Waals surface area contributed by atoms with Crippen molar-refractivity contribution in [3.63, 3.8) is 0 Å². The number of hydrogen-bond acceptors (Lipinski definition) is 11. The maximum atomic E-state index is 13.6. The van der Waals surface area contributed by atoms with Gasteiger partial charge in [0.2, 0.25) is 47.3 Å². The fraction of sp³-hybridized carbons (Fsp3) is 0.559. The second-order valence-electron chi connectivity index (χ2n) is 13.6. The largest absolute Gasteiger partial charge is 0.343 e. The van der Waals surface area contributed by atoms with Gasteiger partial charge in [-0.05, 0) is 116 Å². The molecular weight excluding hydrogens is 819 g/mol. The first kappa shape index (κ1) is 47.3. The molecule has 1 rings (SSSR count). The molecule has 0 saturated carbocycles. The summed E-state index contributed by atoms with van der Waals surface area (Å²) in [6.45, 7) is 13.5. The van der Waals surface area contributed by atoms with Gasteiger partial charge >= 0.3 is 0 Å². The maximum Gasteiger partial charge on any atom is 0.252 e. The van der Waals surface area contributed by atoms with E-state index in [0.29, 0.717) is 10.6 Å². The summed E-state index contributed by atoms with van der Waals surface area (Å²) >= 11 is 2.11. The van der Waals surface area contributed by atoms with E-state index in [0.717, 1.165) is 3.57 Å². The Kier molecular flexibility index (Phi) is 18.1. The molecule has 0 fully saturated rings. The molecule has 9 amide bonds. The zero-order chi connectivity index (χ0) is 41.8. The lowest BCUT2D eigenvalue weighted by atomic mass is 10.0. The van der Waals surface area contributed by atoms with Crippen LogP contribution in [0.5, 0.6) is 0 Å². The SMILES string of the molecule is C[C@H](N)C(=O)N[C@@H](C)C(=O)N[C@@H](C)C(=O)N[C@@H](C)C(=O)N[C@@H](C)C(=O)N[C@@H](C)C(=O)N(C(=O)C(C)(C)N)[C@@H](C)C(=O)N[C@@H](C)C(=O)Nc1ccc(I)cc1. The quantitative estimate of drug-likeness (QED) is 0.0779. The molecule has 0 bridgehead atoms. The minimum Gasteiger partial charge on any atom is -0.343 e. The zero-order valence-electron chi connectivity index (χ0n) is 32.1. The molecule has 0 spiro atoms. The molecule has 1 aromatic carbocycles. The molecule has 1 aromatic rings. The van der Waals surface area contributed by atoms with Gasteiger partial charge in [0.15, 0.2) is 0 Å². The molecule has 8 atom stereocenters. The van der Waals surface area contributed by atoms with Gasteiger partial charge in [-0.25, -0.2) is 0 Å². The fourth-order valence-corrected chi connectivity index (χ4v) is 4.67. The minimum absolute atomic E-state index is 0.494. The predicted octanol–water partition coefficient (Wildman–Crippen LogP) is -1.91. The van der Waals surface area contributed by atoms with Gasteiger partial charge in [-0.2, -0.15) is 0 Å². The molecule has 0 aliphatic rings. The van der Waals surface area contributed by atoms with Gasteiger partial charge in [-0.3, -0.25) is 48.1 Å². The average molecular weight is 873 g/mol. The number of benzene rings is 1. The van der Waals surface area contributed by atoms with Crippen LogP contribution in [0.1, 0.15) is 69.2 Å². The number of nitrogens with two attached hydrogens (primary N) is 2. The van der Waals surface area contributed by atoms with Gasteiger partial charge < -0.3 is 48.7 Å². The summed E-state index contributed by atoms with van der Waals surface area (Å²) in [5.74, 6) is -6.93. The summed E-state index contributed by atoms with van der Waals surface area (Å²) < 4.78 is 0.951. The van der Waals surface area contributed by atoms with Gasteiger partial charge in [-0.15, -0.1) is 0 Å². The van der Waals surface area contributed by atoms with Crippen molar-refractivity contribution in [1.29, 1.82) is 0 Å². The van der Waals surface area contributed by atoms with Crippen molar-refractivity contribution >= 4 is 81.4 Å². The van der Waals surface area contributed by atoms with Crippen LogP contribution in [0.2, 0.25) is 0 Å². The standard InChI is InChI=1S/C34H53IN10O9/c1-15(36)25(46)38-16(2)26(47)39-17(3)27(48)40-18(4)28(49)41-19(5)29(50)43-21(7)32(53)45(33(54)34(9,10)37)22(8)31(52)42-20(6)30(51)44-24-13-11-23(35)12-14-24/h11-22H,36-37H2,1-10H3,(H,38,46)(H,39,47)(H,40,48)(H,41,49)(H,42,52)(H,43,50)(H,44,51)/t15-,16-,17-,18-,19-,20-,21-,22-/m0/s1. The molecule has 19 nitrogen and oxygen atoms in total. The summed E-state index contributed by atoms with van der Waals surface area (Å²) in [6, 6.07) is -2.39. The van der Waals surface area contributed by atoms with E-state index in [1.54, 1.807) is 24.3 Å². The van der Waals surface area contributed by atoms with E-state index in [4.69, 9.17) is 11.5 Å². The van der Waals surface area contributed by atoms with Gasteiger partial charge in [0.05, 0.1) is 11.6 Å². The Morgan fingerprint density at radius 2 is 0.889 bits per heavy atom. The van der Waals surface area contributed by atoms with Gasteiger partial charge in [0, 0.05) is 9.26 Å². The molecule has 0 unspecified atom stereocenters. The number of carbonyl (C=O) groups is 9. The number of nitrogens with one attached hydrogen (secondary N) is 7. The number of nitrogens with zero attached hydrogens (tertiary/aromatic N) is 1. The van der Waals surface area contributed by atoms with E-state index in [-0.39, 0.29) is 0 Å². The molecule has 0 aromatic heterocycles. The lowest BCUT2D eigenvalue weighted by Crippen LogP contribution is -2.63. The smallest absolute Gasteiger partial charge is 0.252 e. The van der Waals surface area contributed by atoms with Crippen molar-refractivity contribution in [2.24, 2.45) is 11.5 Å². The molecule has 0 saturated heterocycles. The van der Waals surface area contributed by atoms with Gasteiger partial charge in [0.1, 0.15) is 42.3 Å². The van der Waals surface area contributed by atoms with Crippen LogP contribution in [0.15, 0.2) is 24.3 Å². The number of halogens is 1. The van der Waals surface area contributed by atoms with Crippen LogP contribution in [0.4, 0.5) is 5.69 Å². The molecule has 54 heavy (non-hydrogen) atoms.